The minimum absolute atomic E-state index is 0.159. The van der Waals surface area contributed by atoms with E-state index in [0.717, 1.165) is 24.0 Å². The van der Waals surface area contributed by atoms with E-state index in [9.17, 15) is 5.11 Å². The van der Waals surface area contributed by atoms with Crippen LogP contribution in [0.1, 0.15) is 32.1 Å². The number of nitrogens with two attached hydrogens (primary N) is 2. The summed E-state index contributed by atoms with van der Waals surface area (Å²) in [6.45, 7) is 0.343. The number of aliphatic hydroxyl groups is 1. The van der Waals surface area contributed by atoms with E-state index in [1.165, 1.54) is 18.6 Å². The van der Waals surface area contributed by atoms with Crippen LogP contribution in [-0.4, -0.2) is 56.0 Å². The molecule has 0 amide bonds. The molecule has 1 aliphatic heterocycles. The van der Waals surface area contributed by atoms with Crippen LogP contribution in [-0.2, 0) is 0 Å². The minimum atomic E-state index is -0.921. The molecule has 3 rings (SSSR count). The third kappa shape index (κ3) is 4.81. The van der Waals surface area contributed by atoms with Crippen LogP contribution >= 0.6 is 20.0 Å². The van der Waals surface area contributed by atoms with Gasteiger partial charge < -0.3 is 0 Å². The molecule has 2 unspecified atom stereocenters. The zero-order valence-electron chi connectivity index (χ0n) is 12.9. The first-order valence-corrected chi connectivity index (χ1v) is 15.3. The topological polar surface area (TPSA) is 123 Å². The first-order valence-electron chi connectivity index (χ1n) is 7.87. The molecule has 0 spiro atoms. The predicted molar refractivity (Wildman–Crippen MR) is 99.6 cm³/mol. The maximum absolute atomic E-state index is 9.40. The summed E-state index contributed by atoms with van der Waals surface area (Å²) < 4.78 is 0.874. The third-order valence-corrected chi connectivity index (χ3v) is 20.0. The molecule has 1 aromatic heterocycles. The Kier molecular flexibility index (Phi) is 6.18. The van der Waals surface area contributed by atoms with Crippen molar-refractivity contribution in [1.82, 2.24) is 15.0 Å². The first-order chi connectivity index (χ1) is 11.1. The molecule has 1 saturated heterocycles. The SMILES string of the molecule is Nc1nc(N)nc(NC2CCC([As]3SCCC(CO)S3)CC2)n1. The van der Waals surface area contributed by atoms with Crippen LogP contribution in [0.4, 0.5) is 17.8 Å². The maximum atomic E-state index is 9.40. The Morgan fingerprint density at radius 3 is 2.43 bits per heavy atom. The summed E-state index contributed by atoms with van der Waals surface area (Å²) in [7, 11) is 4.33. The number of hydrogen-bond donors (Lipinski definition) is 4. The normalized spacial score (nSPS) is 31.7. The van der Waals surface area contributed by atoms with Gasteiger partial charge in [0.1, 0.15) is 0 Å². The van der Waals surface area contributed by atoms with Crippen molar-refractivity contribution in [2.45, 2.75) is 48.1 Å². The average Bonchev–Trinajstić information content (AvgIpc) is 2.55. The summed E-state index contributed by atoms with van der Waals surface area (Å²) in [5.41, 5.74) is 11.2. The Balaban J connectivity index is 1.50. The molecule has 2 atom stereocenters. The molecular formula is C13H23AsN6OS2. The van der Waals surface area contributed by atoms with E-state index in [4.69, 9.17) is 11.5 Å². The molecule has 2 fully saturated rings. The van der Waals surface area contributed by atoms with Gasteiger partial charge in [-0.15, -0.1) is 0 Å². The molecule has 0 bridgehead atoms. The van der Waals surface area contributed by atoms with Crippen molar-refractivity contribution < 1.29 is 5.11 Å². The van der Waals surface area contributed by atoms with Crippen LogP contribution in [0.2, 0.25) is 4.71 Å². The van der Waals surface area contributed by atoms with Gasteiger partial charge in [-0.2, -0.15) is 0 Å². The van der Waals surface area contributed by atoms with Crippen molar-refractivity contribution in [2.75, 3.05) is 29.1 Å². The van der Waals surface area contributed by atoms with Gasteiger partial charge in [0.05, 0.1) is 0 Å². The molecule has 1 aromatic rings. The fourth-order valence-electron chi connectivity index (χ4n) is 2.91. The van der Waals surface area contributed by atoms with Crippen LogP contribution in [0.5, 0.6) is 0 Å². The number of hydrogen-bond acceptors (Lipinski definition) is 9. The van der Waals surface area contributed by atoms with Crippen LogP contribution in [0.25, 0.3) is 0 Å². The van der Waals surface area contributed by atoms with Crippen molar-refractivity contribution in [2.24, 2.45) is 0 Å². The molecule has 6 N–H and O–H groups in total. The molecule has 2 heterocycles. The van der Waals surface area contributed by atoms with E-state index in [2.05, 4.69) is 40.3 Å². The Hall–Kier alpha value is -0.372. The zero-order chi connectivity index (χ0) is 16.2. The van der Waals surface area contributed by atoms with E-state index in [1.807, 2.05) is 0 Å². The van der Waals surface area contributed by atoms with Gasteiger partial charge in [0.25, 0.3) is 0 Å². The van der Waals surface area contributed by atoms with E-state index in [1.54, 1.807) is 0 Å². The number of nitrogens with one attached hydrogen (secondary N) is 1. The molecule has 10 heteroatoms. The van der Waals surface area contributed by atoms with Crippen LogP contribution in [0.3, 0.4) is 0 Å². The van der Waals surface area contributed by atoms with Crippen LogP contribution in [0, 0.1) is 0 Å². The first kappa shape index (κ1) is 17.5. The van der Waals surface area contributed by atoms with E-state index < -0.39 is 12.3 Å². The number of aromatic nitrogens is 3. The van der Waals surface area contributed by atoms with E-state index in [0.29, 0.717) is 23.8 Å². The monoisotopic (exact) mass is 418 g/mol. The summed E-state index contributed by atoms with van der Waals surface area (Å²) in [6, 6.07) is 0.384. The molecule has 2 aliphatic rings. The fraction of sp³-hybridized carbons (Fsp3) is 0.769. The number of anilines is 3. The van der Waals surface area contributed by atoms with Crippen molar-refractivity contribution >= 4 is 50.2 Å². The molecule has 0 radical (unpaired) electrons. The van der Waals surface area contributed by atoms with Crippen molar-refractivity contribution in [3.8, 4) is 0 Å². The van der Waals surface area contributed by atoms with E-state index >= 15 is 0 Å². The predicted octanol–water partition coefficient (Wildman–Crippen LogP) is 1.48. The van der Waals surface area contributed by atoms with Gasteiger partial charge in [0, 0.05) is 0 Å². The second kappa shape index (κ2) is 8.14. The number of aliphatic hydroxyl groups excluding tert-OH is 1. The van der Waals surface area contributed by atoms with Crippen molar-refractivity contribution in [3.05, 3.63) is 0 Å². The summed E-state index contributed by atoms with van der Waals surface area (Å²) in [5.74, 6) is 2.04. The van der Waals surface area contributed by atoms with Gasteiger partial charge in [0.2, 0.25) is 0 Å². The van der Waals surface area contributed by atoms with Gasteiger partial charge in [-0.3, -0.25) is 0 Å². The van der Waals surface area contributed by atoms with Gasteiger partial charge in [0.15, 0.2) is 0 Å². The summed E-state index contributed by atoms with van der Waals surface area (Å²) in [6.07, 6.45) is 5.94. The zero-order valence-corrected chi connectivity index (χ0v) is 16.4. The molecule has 1 aliphatic carbocycles. The molecule has 7 nitrogen and oxygen atoms in total. The van der Waals surface area contributed by atoms with Gasteiger partial charge in [-0.1, -0.05) is 0 Å². The molecule has 0 aromatic carbocycles. The number of rotatable bonds is 4. The second-order valence-electron chi connectivity index (χ2n) is 5.84. The Bertz CT molecular complexity index is 511. The summed E-state index contributed by atoms with van der Waals surface area (Å²) >= 11 is -0.921. The van der Waals surface area contributed by atoms with E-state index in [-0.39, 0.29) is 11.9 Å². The third-order valence-electron chi connectivity index (χ3n) is 4.11. The average molecular weight is 418 g/mol. The van der Waals surface area contributed by atoms with Crippen molar-refractivity contribution in [3.63, 3.8) is 0 Å². The summed E-state index contributed by atoms with van der Waals surface area (Å²) in [5, 5.41) is 13.2. The van der Waals surface area contributed by atoms with Crippen LogP contribution in [0.15, 0.2) is 0 Å². The quantitative estimate of drug-likeness (QED) is 0.539. The fourth-order valence-corrected chi connectivity index (χ4v) is 19.9. The molecular weight excluding hydrogens is 395 g/mol. The Morgan fingerprint density at radius 1 is 1.09 bits per heavy atom. The second-order valence-corrected chi connectivity index (χ2v) is 18.4. The Morgan fingerprint density at radius 2 is 1.78 bits per heavy atom. The summed E-state index contributed by atoms with van der Waals surface area (Å²) in [4.78, 5) is 12.0. The van der Waals surface area contributed by atoms with Gasteiger partial charge >= 0.3 is 148 Å². The number of nitrogens with zero attached hydrogens (tertiary/aromatic N) is 3. The standard InChI is InChI=1S/C13H23AsN6OS2/c15-11-18-12(16)20-13(19-11)17-9-3-1-8(2-4-9)14-22-6-5-10(7-21)23-14/h8-10,21H,1-7H2,(H5,15,16,17,18,19,20). The van der Waals surface area contributed by atoms with Gasteiger partial charge in [-0.05, 0) is 0 Å². The molecule has 1 saturated carbocycles. The molecule has 23 heavy (non-hydrogen) atoms. The van der Waals surface area contributed by atoms with Crippen LogP contribution < -0.4 is 16.8 Å². The van der Waals surface area contributed by atoms with Gasteiger partial charge in [-0.25, -0.2) is 0 Å². The number of nitrogen functional groups attached to an aromatic ring is 2. The molecule has 128 valence electrons. The van der Waals surface area contributed by atoms with Crippen molar-refractivity contribution in [1.29, 1.82) is 0 Å². The Labute approximate surface area is 147 Å².